The van der Waals surface area contributed by atoms with Gasteiger partial charge in [0.2, 0.25) is 5.56 Å². The van der Waals surface area contributed by atoms with Crippen LogP contribution in [0.1, 0.15) is 46.8 Å². The Balaban J connectivity index is 0.914. The van der Waals surface area contributed by atoms with Gasteiger partial charge in [-0.2, -0.15) is 0 Å². The molecule has 1 amide bonds. The summed E-state index contributed by atoms with van der Waals surface area (Å²) in [5, 5.41) is 38.3. The number of carbonyl (C=O) groups is 1. The Labute approximate surface area is 331 Å². The molecule has 57 heavy (non-hydrogen) atoms. The number of fused-ring (bicyclic) bond motifs is 4. The van der Waals surface area contributed by atoms with Crippen LogP contribution < -0.4 is 20.9 Å². The third-order valence-electron chi connectivity index (χ3n) is 11.8. The van der Waals surface area contributed by atoms with E-state index in [9.17, 15) is 24.9 Å². The number of aromatic nitrogens is 1. The topological polar surface area (TPSA) is 147 Å². The van der Waals surface area contributed by atoms with E-state index in [1.54, 1.807) is 12.1 Å². The van der Waals surface area contributed by atoms with Gasteiger partial charge in [0.05, 0.1) is 17.2 Å². The summed E-state index contributed by atoms with van der Waals surface area (Å²) < 4.78 is 6.42. The first kappa shape index (κ1) is 38.0. The molecule has 3 saturated heterocycles. The monoisotopic (exact) mass is 764 g/mol. The fraction of sp³-hybridized carbons (Fsp3) is 0.277. The fourth-order valence-electron chi connectivity index (χ4n) is 8.99. The average molecular weight is 765 g/mol. The number of phenolic OH excluding ortho intramolecular Hbond substituents is 1. The number of hydrogen-bond donors (Lipinski definition) is 6. The molecule has 3 atom stereocenters. The highest BCUT2D eigenvalue weighted by Gasteiger charge is 2.50. The Bertz CT molecular complexity index is 2390. The van der Waals surface area contributed by atoms with Gasteiger partial charge in [-0.1, -0.05) is 91.0 Å². The Morgan fingerprint density at radius 1 is 0.842 bits per heavy atom. The zero-order valence-electron chi connectivity index (χ0n) is 31.7. The number of H-pyrrole nitrogens is 1. The van der Waals surface area contributed by atoms with E-state index in [1.165, 1.54) is 12.1 Å². The van der Waals surface area contributed by atoms with Gasteiger partial charge >= 0.3 is 6.09 Å². The van der Waals surface area contributed by atoms with Crippen molar-refractivity contribution in [3.05, 3.63) is 166 Å². The largest absolute Gasteiger partial charge is 0.506 e. The van der Waals surface area contributed by atoms with Gasteiger partial charge in [0.1, 0.15) is 18.1 Å². The summed E-state index contributed by atoms with van der Waals surface area (Å²) >= 11 is 0. The Hall–Kier alpha value is -5.94. The number of hydrogen-bond acceptors (Lipinski definition) is 7. The number of piperidine rings is 3. The van der Waals surface area contributed by atoms with Gasteiger partial charge in [-0.05, 0) is 114 Å². The Morgan fingerprint density at radius 2 is 1.61 bits per heavy atom. The second kappa shape index (κ2) is 16.7. The summed E-state index contributed by atoms with van der Waals surface area (Å²) in [4.78, 5) is 29.4. The highest BCUT2D eigenvalue weighted by atomic mass is 16.5. The smallest absolute Gasteiger partial charge is 0.405 e. The molecule has 0 aliphatic carbocycles. The molecule has 6 aromatic rings. The maximum atomic E-state index is 12.6. The molecule has 0 radical (unpaired) electrons. The standard InChI is InChI=1S/C47H48N4O6/c52-42-18-16-39(40-17-19-44(54)49-45(40)42)43(53)28-48-23-20-31-12-14-33(15-13-31)35-7-4-6-32(26-35)30-57-38-11-5-10-37(27-38)47(50-46(55)56,36-8-2-1-3-9-36)41-29-51-24-21-34(41)22-25-51/h1-19,26-27,34,41,43,48,50,52-53H,20-25,28-30H2,(H,49,54)(H,55,56)/t41-,43-,47?/m0/s1. The molecule has 0 saturated carbocycles. The van der Waals surface area contributed by atoms with Crippen molar-refractivity contribution in [2.75, 3.05) is 32.7 Å². The number of amides is 1. The second-order valence-electron chi connectivity index (χ2n) is 15.3. The summed E-state index contributed by atoms with van der Waals surface area (Å²) in [6.07, 6.45) is 1.04. The number of nitrogens with one attached hydrogen (secondary N) is 3. The molecule has 5 aromatic carbocycles. The molecule has 3 aliphatic heterocycles. The van der Waals surface area contributed by atoms with Crippen molar-refractivity contribution in [2.45, 2.75) is 37.5 Å². The third-order valence-corrected chi connectivity index (χ3v) is 11.8. The molecule has 292 valence electrons. The molecule has 6 N–H and O–H groups in total. The van der Waals surface area contributed by atoms with Gasteiger partial charge in [-0.25, -0.2) is 4.79 Å². The molecule has 2 bridgehead atoms. The highest BCUT2D eigenvalue weighted by Crippen LogP contribution is 2.47. The van der Waals surface area contributed by atoms with Crippen molar-refractivity contribution >= 4 is 17.0 Å². The molecule has 10 nitrogen and oxygen atoms in total. The lowest BCUT2D eigenvalue weighted by Gasteiger charge is -2.53. The van der Waals surface area contributed by atoms with Crippen molar-refractivity contribution < 1.29 is 24.9 Å². The number of aromatic hydroxyl groups is 1. The van der Waals surface area contributed by atoms with Crippen LogP contribution in [0.4, 0.5) is 4.79 Å². The number of rotatable bonds is 14. The number of pyridine rings is 1. The van der Waals surface area contributed by atoms with E-state index >= 15 is 0 Å². The number of benzene rings is 5. The van der Waals surface area contributed by atoms with E-state index < -0.39 is 17.7 Å². The predicted octanol–water partition coefficient (Wildman–Crippen LogP) is 7.20. The summed E-state index contributed by atoms with van der Waals surface area (Å²) in [5.74, 6) is 1.14. The van der Waals surface area contributed by atoms with E-state index in [0.717, 1.165) is 72.3 Å². The van der Waals surface area contributed by atoms with Gasteiger partial charge in [0, 0.05) is 30.5 Å². The number of aliphatic hydroxyl groups is 1. The first-order valence-electron chi connectivity index (χ1n) is 19.7. The molecule has 1 aromatic heterocycles. The lowest BCUT2D eigenvalue weighted by molar-refractivity contribution is 0.00716. The van der Waals surface area contributed by atoms with Crippen molar-refractivity contribution in [3.63, 3.8) is 0 Å². The fourth-order valence-corrected chi connectivity index (χ4v) is 8.99. The molecular weight excluding hydrogens is 717 g/mol. The number of carboxylic acid groups (broad SMARTS) is 1. The minimum Gasteiger partial charge on any atom is -0.506 e. The SMILES string of the molecule is O=C(O)NC(c1ccccc1)(c1cccc(OCc2cccc(-c3ccc(CCNC[C@H](O)c4ccc(O)c5[nH]c(=O)ccc45)cc3)c2)c1)[C@H]1CN2CCC1CC2. The molecule has 10 heteroatoms. The van der Waals surface area contributed by atoms with Crippen LogP contribution in [-0.4, -0.2) is 64.0 Å². The molecule has 4 heterocycles. The van der Waals surface area contributed by atoms with E-state index in [1.807, 2.05) is 60.7 Å². The van der Waals surface area contributed by atoms with Crippen LogP contribution in [0, 0.1) is 11.8 Å². The number of aliphatic hydroxyl groups excluding tert-OH is 1. The zero-order chi connectivity index (χ0) is 39.4. The summed E-state index contributed by atoms with van der Waals surface area (Å²) in [5.41, 5.74) is 5.90. The summed E-state index contributed by atoms with van der Waals surface area (Å²) in [6.45, 7) is 4.30. The van der Waals surface area contributed by atoms with Crippen LogP contribution in [-0.2, 0) is 18.6 Å². The minimum atomic E-state index is -1.04. The van der Waals surface area contributed by atoms with Gasteiger partial charge in [-0.3, -0.25) is 4.79 Å². The van der Waals surface area contributed by atoms with Crippen molar-refractivity contribution in [2.24, 2.45) is 11.8 Å². The van der Waals surface area contributed by atoms with Crippen LogP contribution in [0.3, 0.4) is 0 Å². The molecule has 3 fully saturated rings. The van der Waals surface area contributed by atoms with E-state index in [0.29, 0.717) is 47.8 Å². The maximum Gasteiger partial charge on any atom is 0.405 e. The van der Waals surface area contributed by atoms with Gasteiger partial charge < -0.3 is 40.6 Å². The molecular formula is C47H48N4O6. The van der Waals surface area contributed by atoms with Gasteiger partial charge in [0.15, 0.2) is 0 Å². The summed E-state index contributed by atoms with van der Waals surface area (Å²) in [7, 11) is 0. The summed E-state index contributed by atoms with van der Waals surface area (Å²) in [6, 6.07) is 40.9. The van der Waals surface area contributed by atoms with Gasteiger partial charge in [-0.15, -0.1) is 0 Å². The first-order valence-corrected chi connectivity index (χ1v) is 19.7. The normalized spacial score (nSPS) is 19.1. The zero-order valence-corrected chi connectivity index (χ0v) is 31.7. The Kier molecular flexibility index (Phi) is 11.1. The van der Waals surface area contributed by atoms with E-state index in [2.05, 4.69) is 63.0 Å². The van der Waals surface area contributed by atoms with E-state index in [4.69, 9.17) is 4.74 Å². The number of aromatic amines is 1. The number of phenols is 1. The molecule has 0 spiro atoms. The Morgan fingerprint density at radius 3 is 2.37 bits per heavy atom. The molecule has 3 aliphatic rings. The van der Waals surface area contributed by atoms with Crippen LogP contribution in [0.5, 0.6) is 11.5 Å². The van der Waals surface area contributed by atoms with Gasteiger partial charge in [0.25, 0.3) is 0 Å². The van der Waals surface area contributed by atoms with Crippen LogP contribution in [0.25, 0.3) is 22.0 Å². The predicted molar refractivity (Wildman–Crippen MR) is 221 cm³/mol. The molecule has 1 unspecified atom stereocenters. The quantitative estimate of drug-likeness (QED) is 0.0639. The lowest BCUT2D eigenvalue weighted by atomic mass is 9.63. The van der Waals surface area contributed by atoms with E-state index in [-0.39, 0.29) is 17.2 Å². The van der Waals surface area contributed by atoms with Crippen molar-refractivity contribution in [1.82, 2.24) is 20.5 Å². The third kappa shape index (κ3) is 8.16. The number of ether oxygens (including phenoxy) is 1. The lowest BCUT2D eigenvalue weighted by Crippen LogP contribution is -2.61. The highest BCUT2D eigenvalue weighted by molar-refractivity contribution is 5.87. The average Bonchev–Trinajstić information content (AvgIpc) is 3.25. The van der Waals surface area contributed by atoms with Crippen molar-refractivity contribution in [3.8, 4) is 22.6 Å². The van der Waals surface area contributed by atoms with Crippen LogP contribution in [0.15, 0.2) is 132 Å². The minimum absolute atomic E-state index is 0.0325. The second-order valence-corrected chi connectivity index (χ2v) is 15.3. The van der Waals surface area contributed by atoms with Crippen LogP contribution in [0.2, 0.25) is 0 Å². The van der Waals surface area contributed by atoms with Crippen LogP contribution >= 0.6 is 0 Å². The first-order chi connectivity index (χ1) is 27.8. The maximum absolute atomic E-state index is 12.6. The number of nitrogens with zero attached hydrogens (tertiary/aromatic N) is 1. The molecule has 9 rings (SSSR count). The van der Waals surface area contributed by atoms with Crippen molar-refractivity contribution in [1.29, 1.82) is 0 Å².